The molecule has 0 fully saturated rings. The van der Waals surface area contributed by atoms with Crippen LogP contribution in [-0.2, 0) is 0 Å². The van der Waals surface area contributed by atoms with Crippen LogP contribution in [0, 0.1) is 0 Å². The first-order chi connectivity index (χ1) is 10.1. The van der Waals surface area contributed by atoms with Crippen LogP contribution in [0.5, 0.6) is 0 Å². The standard InChI is InChI=1S/C12H10BN5O3/c19-12(8-3-5-14-6-4-8)16-10-7-18-11(15-10)2-1-9(17-18)13(20)21/h1-7,20-21H,(H,16,19). The average molecular weight is 283 g/mol. The van der Waals surface area contributed by atoms with Gasteiger partial charge in [0.25, 0.3) is 5.91 Å². The maximum Gasteiger partial charge on any atom is 0.510 e. The summed E-state index contributed by atoms with van der Waals surface area (Å²) in [5.41, 5.74) is 1.03. The van der Waals surface area contributed by atoms with E-state index in [1.54, 1.807) is 18.2 Å². The minimum Gasteiger partial charge on any atom is -0.422 e. The lowest BCUT2D eigenvalue weighted by molar-refractivity contribution is 0.102. The molecule has 0 bridgehead atoms. The lowest BCUT2D eigenvalue weighted by Gasteiger charge is -2.00. The summed E-state index contributed by atoms with van der Waals surface area (Å²) >= 11 is 0. The molecule has 0 aliphatic heterocycles. The van der Waals surface area contributed by atoms with Crippen LogP contribution in [0.3, 0.4) is 0 Å². The molecule has 0 aliphatic rings. The fraction of sp³-hybridized carbons (Fsp3) is 0. The van der Waals surface area contributed by atoms with E-state index in [9.17, 15) is 4.79 Å². The molecule has 1 amide bonds. The molecule has 0 saturated heterocycles. The van der Waals surface area contributed by atoms with Crippen molar-refractivity contribution in [2.45, 2.75) is 0 Å². The van der Waals surface area contributed by atoms with Crippen LogP contribution in [0.2, 0.25) is 0 Å². The molecule has 8 nitrogen and oxygen atoms in total. The normalized spacial score (nSPS) is 10.6. The zero-order chi connectivity index (χ0) is 14.8. The topological polar surface area (TPSA) is 113 Å². The monoisotopic (exact) mass is 283 g/mol. The molecule has 21 heavy (non-hydrogen) atoms. The summed E-state index contributed by atoms with van der Waals surface area (Å²) in [6.45, 7) is 0. The number of imidazole rings is 1. The Morgan fingerprint density at radius 3 is 2.67 bits per heavy atom. The van der Waals surface area contributed by atoms with Crippen molar-refractivity contribution >= 4 is 30.1 Å². The molecular formula is C12H10BN5O3. The summed E-state index contributed by atoms with van der Waals surface area (Å²) in [6.07, 6.45) is 4.53. The predicted octanol–water partition coefficient (Wildman–Crippen LogP) is -0.944. The molecule has 0 radical (unpaired) electrons. The van der Waals surface area contributed by atoms with E-state index in [-0.39, 0.29) is 11.5 Å². The minimum absolute atomic E-state index is 0.0897. The van der Waals surface area contributed by atoms with E-state index < -0.39 is 7.12 Å². The Morgan fingerprint density at radius 2 is 1.95 bits per heavy atom. The van der Waals surface area contributed by atoms with Crippen molar-refractivity contribution in [2.24, 2.45) is 0 Å². The Kier molecular flexibility index (Phi) is 3.34. The van der Waals surface area contributed by atoms with Crippen molar-refractivity contribution in [3.8, 4) is 0 Å². The van der Waals surface area contributed by atoms with Crippen molar-refractivity contribution in [1.29, 1.82) is 0 Å². The maximum atomic E-state index is 12.0. The zero-order valence-electron chi connectivity index (χ0n) is 10.7. The Bertz CT molecular complexity index is 790. The first-order valence-corrected chi connectivity index (χ1v) is 6.07. The van der Waals surface area contributed by atoms with Crippen LogP contribution in [0.1, 0.15) is 10.4 Å². The van der Waals surface area contributed by atoms with Crippen molar-refractivity contribution < 1.29 is 14.8 Å². The highest BCUT2D eigenvalue weighted by atomic mass is 16.4. The highest BCUT2D eigenvalue weighted by Gasteiger charge is 2.15. The van der Waals surface area contributed by atoms with E-state index in [1.165, 1.54) is 29.2 Å². The highest BCUT2D eigenvalue weighted by Crippen LogP contribution is 2.09. The first-order valence-electron chi connectivity index (χ1n) is 6.07. The van der Waals surface area contributed by atoms with Gasteiger partial charge in [0.05, 0.1) is 11.8 Å². The van der Waals surface area contributed by atoms with Crippen LogP contribution in [0.25, 0.3) is 5.65 Å². The van der Waals surface area contributed by atoms with E-state index in [2.05, 4.69) is 20.4 Å². The SMILES string of the molecule is O=C(Nc1cn2nc(B(O)O)ccc2n1)c1ccncc1. The number of nitrogens with zero attached hydrogens (tertiary/aromatic N) is 4. The Morgan fingerprint density at radius 1 is 1.19 bits per heavy atom. The third-order valence-electron chi connectivity index (χ3n) is 2.79. The van der Waals surface area contributed by atoms with E-state index in [0.29, 0.717) is 17.0 Å². The second-order valence-corrected chi connectivity index (χ2v) is 4.25. The molecule has 3 N–H and O–H groups in total. The Labute approximate surface area is 119 Å². The zero-order valence-corrected chi connectivity index (χ0v) is 10.7. The first kappa shape index (κ1) is 13.2. The molecule has 104 valence electrons. The summed E-state index contributed by atoms with van der Waals surface area (Å²) in [4.78, 5) is 20.0. The van der Waals surface area contributed by atoms with Gasteiger partial charge in [-0.2, -0.15) is 5.10 Å². The van der Waals surface area contributed by atoms with Gasteiger partial charge in [0, 0.05) is 18.0 Å². The lowest BCUT2D eigenvalue weighted by Crippen LogP contribution is -2.33. The van der Waals surface area contributed by atoms with Crippen LogP contribution in [0.4, 0.5) is 5.82 Å². The number of fused-ring (bicyclic) bond motifs is 1. The van der Waals surface area contributed by atoms with Crippen LogP contribution in [0.15, 0.2) is 42.9 Å². The fourth-order valence-electron chi connectivity index (χ4n) is 1.79. The molecule has 3 aromatic rings. The van der Waals surface area contributed by atoms with Gasteiger partial charge >= 0.3 is 7.12 Å². The van der Waals surface area contributed by atoms with Gasteiger partial charge in [0.15, 0.2) is 11.5 Å². The number of carbonyl (C=O) groups excluding carboxylic acids is 1. The van der Waals surface area contributed by atoms with Crippen LogP contribution >= 0.6 is 0 Å². The molecule has 0 saturated carbocycles. The maximum absolute atomic E-state index is 12.0. The fourth-order valence-corrected chi connectivity index (χ4v) is 1.79. The van der Waals surface area contributed by atoms with Gasteiger partial charge in [-0.25, -0.2) is 9.50 Å². The van der Waals surface area contributed by atoms with Gasteiger partial charge in [-0.3, -0.25) is 9.78 Å². The third-order valence-corrected chi connectivity index (χ3v) is 2.79. The number of carbonyl (C=O) groups is 1. The van der Waals surface area contributed by atoms with Crippen molar-refractivity contribution in [1.82, 2.24) is 19.6 Å². The molecular weight excluding hydrogens is 273 g/mol. The lowest BCUT2D eigenvalue weighted by atomic mass is 9.86. The van der Waals surface area contributed by atoms with E-state index in [1.807, 2.05) is 0 Å². The number of anilines is 1. The summed E-state index contributed by atoms with van der Waals surface area (Å²) < 4.78 is 1.36. The van der Waals surface area contributed by atoms with Gasteiger partial charge in [0.1, 0.15) is 0 Å². The summed E-state index contributed by atoms with van der Waals surface area (Å²) in [5, 5.41) is 24.7. The minimum atomic E-state index is -1.66. The van der Waals surface area contributed by atoms with E-state index in [4.69, 9.17) is 10.0 Å². The van der Waals surface area contributed by atoms with Crippen molar-refractivity contribution in [3.63, 3.8) is 0 Å². The van der Waals surface area contributed by atoms with Gasteiger partial charge in [-0.15, -0.1) is 0 Å². The Balaban J connectivity index is 1.86. The number of rotatable bonds is 3. The van der Waals surface area contributed by atoms with Crippen molar-refractivity contribution in [2.75, 3.05) is 5.32 Å². The summed E-state index contributed by atoms with van der Waals surface area (Å²) in [6, 6.07) is 6.19. The second kappa shape index (κ2) is 5.31. The highest BCUT2D eigenvalue weighted by molar-refractivity contribution is 6.57. The molecule has 0 aliphatic carbocycles. The molecule has 0 aromatic carbocycles. The molecule has 3 rings (SSSR count). The van der Waals surface area contributed by atoms with Gasteiger partial charge in [-0.1, -0.05) is 0 Å². The van der Waals surface area contributed by atoms with E-state index >= 15 is 0 Å². The van der Waals surface area contributed by atoms with Crippen molar-refractivity contribution in [3.05, 3.63) is 48.4 Å². The number of hydrogen-bond donors (Lipinski definition) is 3. The molecule has 0 atom stereocenters. The molecule has 0 spiro atoms. The number of pyridine rings is 1. The number of nitrogens with one attached hydrogen (secondary N) is 1. The molecule has 3 aromatic heterocycles. The van der Waals surface area contributed by atoms with Gasteiger partial charge in [-0.05, 0) is 24.3 Å². The third kappa shape index (κ3) is 2.73. The predicted molar refractivity (Wildman–Crippen MR) is 75.0 cm³/mol. The van der Waals surface area contributed by atoms with Gasteiger partial charge < -0.3 is 15.4 Å². The Hall–Kier alpha value is -2.78. The molecule has 3 heterocycles. The average Bonchev–Trinajstić information content (AvgIpc) is 2.89. The molecule has 9 heteroatoms. The number of aromatic nitrogens is 4. The number of amides is 1. The van der Waals surface area contributed by atoms with Crippen LogP contribution < -0.4 is 10.9 Å². The quantitative estimate of drug-likeness (QED) is 0.534. The molecule has 0 unspecified atom stereocenters. The summed E-state index contributed by atoms with van der Waals surface area (Å²) in [5.74, 6) is -0.00267. The van der Waals surface area contributed by atoms with Crippen LogP contribution in [-0.4, -0.2) is 42.7 Å². The smallest absolute Gasteiger partial charge is 0.422 e. The summed E-state index contributed by atoms with van der Waals surface area (Å²) in [7, 11) is -1.66. The second-order valence-electron chi connectivity index (χ2n) is 4.25. The largest absolute Gasteiger partial charge is 0.510 e. The number of hydrogen-bond acceptors (Lipinski definition) is 6. The van der Waals surface area contributed by atoms with Gasteiger partial charge in [0.2, 0.25) is 0 Å². The van der Waals surface area contributed by atoms with E-state index in [0.717, 1.165) is 0 Å².